The van der Waals surface area contributed by atoms with Crippen molar-refractivity contribution < 1.29 is 14.7 Å². The summed E-state index contributed by atoms with van der Waals surface area (Å²) >= 11 is 4.66. The van der Waals surface area contributed by atoms with E-state index in [1.807, 2.05) is 17.1 Å². The van der Waals surface area contributed by atoms with Crippen molar-refractivity contribution in [3.63, 3.8) is 0 Å². The van der Waals surface area contributed by atoms with Crippen molar-refractivity contribution >= 4 is 52.0 Å². The number of aromatic hydroxyl groups is 1. The number of thioether (sulfide) groups is 1. The molecule has 2 amide bonds. The van der Waals surface area contributed by atoms with Crippen LogP contribution in [0, 0.1) is 0 Å². The number of nitrogens with zero attached hydrogens (tertiary/aromatic N) is 3. The molecule has 0 radical (unpaired) electrons. The SMILES string of the molecule is CCCSCCc1[nH]c(O)c(C2=N[C@@H](C)CC2)c1CC(=O)NCc1nc(-c2nc(C(=O)NC)cs2)cs1. The Balaban J connectivity index is 1.43. The van der Waals surface area contributed by atoms with E-state index in [9.17, 15) is 14.7 Å². The van der Waals surface area contributed by atoms with Crippen LogP contribution in [0.1, 0.15) is 65.4 Å². The largest absolute Gasteiger partial charge is 0.494 e. The van der Waals surface area contributed by atoms with E-state index in [0.29, 0.717) is 28.5 Å². The number of H-pyrrole nitrogens is 1. The normalized spacial score (nSPS) is 15.1. The van der Waals surface area contributed by atoms with E-state index in [4.69, 9.17) is 4.99 Å². The number of aryl methyl sites for hydroxylation is 1. The van der Waals surface area contributed by atoms with Crippen LogP contribution in [0.3, 0.4) is 0 Å². The van der Waals surface area contributed by atoms with Crippen LogP contribution in [0.4, 0.5) is 0 Å². The third-order valence-electron chi connectivity index (χ3n) is 5.99. The predicted octanol–water partition coefficient (Wildman–Crippen LogP) is 4.18. The topological polar surface area (TPSA) is 132 Å². The molecule has 0 saturated heterocycles. The molecule has 37 heavy (non-hydrogen) atoms. The number of nitrogens with one attached hydrogen (secondary N) is 3. The maximum absolute atomic E-state index is 13.0. The van der Waals surface area contributed by atoms with Crippen molar-refractivity contribution in [1.29, 1.82) is 0 Å². The van der Waals surface area contributed by atoms with Gasteiger partial charge in [0.15, 0.2) is 5.88 Å². The zero-order valence-electron chi connectivity index (χ0n) is 21.2. The molecule has 1 aliphatic heterocycles. The number of aliphatic imine (C=N–C) groups is 1. The van der Waals surface area contributed by atoms with E-state index in [-0.39, 0.29) is 30.2 Å². The molecule has 4 heterocycles. The fourth-order valence-corrected chi connectivity index (χ4v) is 6.55. The quantitative estimate of drug-likeness (QED) is 0.246. The van der Waals surface area contributed by atoms with E-state index in [1.165, 1.54) is 22.7 Å². The minimum atomic E-state index is -0.235. The summed E-state index contributed by atoms with van der Waals surface area (Å²) < 4.78 is 0. The van der Waals surface area contributed by atoms with Gasteiger partial charge in [0.25, 0.3) is 5.91 Å². The van der Waals surface area contributed by atoms with Crippen molar-refractivity contribution in [3.05, 3.63) is 38.3 Å². The van der Waals surface area contributed by atoms with Gasteiger partial charge in [-0.15, -0.1) is 22.7 Å². The van der Waals surface area contributed by atoms with Gasteiger partial charge in [0, 0.05) is 35.3 Å². The molecule has 3 aromatic rings. The van der Waals surface area contributed by atoms with Crippen LogP contribution in [0.5, 0.6) is 5.88 Å². The van der Waals surface area contributed by atoms with Crippen LogP contribution in [-0.2, 0) is 24.2 Å². The predicted molar refractivity (Wildman–Crippen MR) is 151 cm³/mol. The zero-order chi connectivity index (χ0) is 26.4. The molecule has 0 unspecified atom stereocenters. The molecule has 3 aromatic heterocycles. The summed E-state index contributed by atoms with van der Waals surface area (Å²) in [5.74, 6) is 1.74. The Kier molecular flexibility index (Phi) is 9.38. The second-order valence-electron chi connectivity index (χ2n) is 8.83. The number of carbonyl (C=O) groups is 2. The molecule has 1 atom stereocenters. The van der Waals surface area contributed by atoms with E-state index in [1.54, 1.807) is 12.4 Å². The Morgan fingerprint density at radius 2 is 2.08 bits per heavy atom. The van der Waals surface area contributed by atoms with Gasteiger partial charge in [-0.3, -0.25) is 14.6 Å². The average molecular weight is 561 g/mol. The summed E-state index contributed by atoms with van der Waals surface area (Å²) in [6.45, 7) is 4.52. The van der Waals surface area contributed by atoms with Gasteiger partial charge in [0.05, 0.1) is 18.5 Å². The van der Waals surface area contributed by atoms with E-state index in [0.717, 1.165) is 59.2 Å². The standard InChI is InChI=1S/C25H32N6O3S3/c1-4-8-35-9-7-16-15(22(24(34)30-16)17-6-5-14(2)28-17)10-20(32)27-11-21-29-19(13-36-21)25-31-18(12-37-25)23(33)26-3/h12-14,30,34H,4-11H2,1-3H3,(H,26,33)(H,27,32)/t14-/m0/s1. The average Bonchev–Trinajstić information content (AvgIpc) is 3.67. The molecular weight excluding hydrogens is 529 g/mol. The lowest BCUT2D eigenvalue weighted by atomic mass is 9.99. The number of hydrogen-bond donors (Lipinski definition) is 4. The lowest BCUT2D eigenvalue weighted by Crippen LogP contribution is -2.25. The first kappa shape index (κ1) is 27.3. The third kappa shape index (κ3) is 6.79. The second-order valence-corrected chi connectivity index (χ2v) is 11.9. The van der Waals surface area contributed by atoms with Gasteiger partial charge in [-0.2, -0.15) is 11.8 Å². The maximum Gasteiger partial charge on any atom is 0.270 e. The zero-order valence-corrected chi connectivity index (χ0v) is 23.7. The number of aromatic nitrogens is 3. The van der Waals surface area contributed by atoms with Crippen molar-refractivity contribution in [3.8, 4) is 16.6 Å². The van der Waals surface area contributed by atoms with Crippen molar-refractivity contribution in [1.82, 2.24) is 25.6 Å². The molecule has 0 bridgehead atoms. The minimum absolute atomic E-state index is 0.107. The second kappa shape index (κ2) is 12.7. The first-order chi connectivity index (χ1) is 17.9. The lowest BCUT2D eigenvalue weighted by molar-refractivity contribution is -0.120. The summed E-state index contributed by atoms with van der Waals surface area (Å²) in [6, 6.07) is 0.221. The summed E-state index contributed by atoms with van der Waals surface area (Å²) in [5.41, 5.74) is 4.36. The first-order valence-corrected chi connectivity index (χ1v) is 15.3. The molecule has 0 fully saturated rings. The van der Waals surface area contributed by atoms with Gasteiger partial charge in [-0.1, -0.05) is 6.92 Å². The molecule has 0 spiro atoms. The Labute approximate surface area is 228 Å². The molecule has 4 N–H and O–H groups in total. The van der Waals surface area contributed by atoms with Gasteiger partial charge in [-0.25, -0.2) is 9.97 Å². The monoisotopic (exact) mass is 560 g/mol. The van der Waals surface area contributed by atoms with Crippen molar-refractivity contribution in [2.75, 3.05) is 18.6 Å². The van der Waals surface area contributed by atoms with Crippen LogP contribution in [0.25, 0.3) is 10.7 Å². The Hall–Kier alpha value is -2.70. The fourth-order valence-electron chi connectivity index (χ4n) is 4.16. The number of amides is 2. The van der Waals surface area contributed by atoms with Gasteiger partial charge < -0.3 is 20.7 Å². The third-order valence-corrected chi connectivity index (χ3v) is 8.89. The van der Waals surface area contributed by atoms with Crippen LogP contribution >= 0.6 is 34.4 Å². The summed E-state index contributed by atoms with van der Waals surface area (Å²) in [4.78, 5) is 41.5. The molecule has 0 aliphatic carbocycles. The minimum Gasteiger partial charge on any atom is -0.494 e. The van der Waals surface area contributed by atoms with Gasteiger partial charge in [-0.05, 0) is 49.7 Å². The molecule has 4 rings (SSSR count). The van der Waals surface area contributed by atoms with Crippen LogP contribution < -0.4 is 10.6 Å². The number of carbonyl (C=O) groups excluding carboxylic acids is 2. The highest BCUT2D eigenvalue weighted by Gasteiger charge is 2.26. The van der Waals surface area contributed by atoms with Crippen LogP contribution in [-0.4, -0.2) is 62.2 Å². The lowest BCUT2D eigenvalue weighted by Gasteiger charge is -2.08. The highest BCUT2D eigenvalue weighted by molar-refractivity contribution is 7.99. The summed E-state index contributed by atoms with van der Waals surface area (Å²) in [5, 5.41) is 21.3. The number of thiazole rings is 2. The van der Waals surface area contributed by atoms with Crippen LogP contribution in [0.2, 0.25) is 0 Å². The number of hydrogen-bond acceptors (Lipinski definition) is 9. The Bertz CT molecular complexity index is 1280. The van der Waals surface area contributed by atoms with E-state index >= 15 is 0 Å². The van der Waals surface area contributed by atoms with Crippen molar-refractivity contribution in [2.24, 2.45) is 4.99 Å². The Morgan fingerprint density at radius 1 is 1.24 bits per heavy atom. The van der Waals surface area contributed by atoms with Gasteiger partial charge in [0.1, 0.15) is 21.4 Å². The molecule has 0 saturated carbocycles. The van der Waals surface area contributed by atoms with Crippen molar-refractivity contribution in [2.45, 2.75) is 58.5 Å². The van der Waals surface area contributed by atoms with Crippen LogP contribution in [0.15, 0.2) is 15.8 Å². The van der Waals surface area contributed by atoms with Gasteiger partial charge in [0.2, 0.25) is 5.91 Å². The molecule has 12 heteroatoms. The van der Waals surface area contributed by atoms with E-state index < -0.39 is 0 Å². The number of aromatic amines is 1. The summed E-state index contributed by atoms with van der Waals surface area (Å²) in [6.07, 6.45) is 3.78. The molecule has 1 aliphatic rings. The molecule has 9 nitrogen and oxygen atoms in total. The van der Waals surface area contributed by atoms with E-state index in [2.05, 4.69) is 39.4 Å². The molecular formula is C25H32N6O3S3. The Morgan fingerprint density at radius 3 is 2.81 bits per heavy atom. The highest BCUT2D eigenvalue weighted by atomic mass is 32.2. The number of rotatable bonds is 12. The van der Waals surface area contributed by atoms with Gasteiger partial charge >= 0.3 is 0 Å². The maximum atomic E-state index is 13.0. The highest BCUT2D eigenvalue weighted by Crippen LogP contribution is 2.31. The smallest absolute Gasteiger partial charge is 0.270 e. The molecule has 198 valence electrons. The summed E-state index contributed by atoms with van der Waals surface area (Å²) in [7, 11) is 1.57. The fraction of sp³-hybridized carbons (Fsp3) is 0.480. The first-order valence-electron chi connectivity index (χ1n) is 12.4. The molecule has 0 aromatic carbocycles.